The molecule has 2 heterocycles. The molecule has 3 aromatic rings. The van der Waals surface area contributed by atoms with Crippen LogP contribution in [0.25, 0.3) is 0 Å². The van der Waals surface area contributed by atoms with Crippen LogP contribution in [0.3, 0.4) is 0 Å². The highest BCUT2D eigenvalue weighted by molar-refractivity contribution is 7.89. The van der Waals surface area contributed by atoms with Gasteiger partial charge in [0.15, 0.2) is 0 Å². The van der Waals surface area contributed by atoms with Crippen LogP contribution in [0.4, 0.5) is 5.69 Å². The van der Waals surface area contributed by atoms with Crippen molar-refractivity contribution in [1.82, 2.24) is 9.62 Å². The van der Waals surface area contributed by atoms with Gasteiger partial charge in [0.05, 0.1) is 4.90 Å². The predicted octanol–water partition coefficient (Wildman–Crippen LogP) is 4.69. The van der Waals surface area contributed by atoms with Crippen molar-refractivity contribution in [2.75, 3.05) is 31.1 Å². The Morgan fingerprint density at radius 3 is 2.37 bits per heavy atom. The summed E-state index contributed by atoms with van der Waals surface area (Å²) in [4.78, 5) is 28.0. The van der Waals surface area contributed by atoms with Crippen molar-refractivity contribution < 1.29 is 18.0 Å². The first-order valence-electron chi connectivity index (χ1n) is 12.9. The van der Waals surface area contributed by atoms with Gasteiger partial charge in [-0.25, -0.2) is 8.42 Å². The molecule has 0 aliphatic carbocycles. The summed E-state index contributed by atoms with van der Waals surface area (Å²) >= 11 is 6.07. The Morgan fingerprint density at radius 2 is 1.63 bits per heavy atom. The van der Waals surface area contributed by atoms with Gasteiger partial charge in [-0.1, -0.05) is 29.8 Å². The number of carbonyl (C=O) groups excluding carboxylic acids is 2. The van der Waals surface area contributed by atoms with E-state index < -0.39 is 10.0 Å². The molecular formula is C29H30ClN3O4S. The van der Waals surface area contributed by atoms with Crippen LogP contribution in [0.5, 0.6) is 0 Å². The minimum Gasteiger partial charge on any atom is -0.352 e. The lowest BCUT2D eigenvalue weighted by Crippen LogP contribution is -2.35. The third-order valence-corrected chi connectivity index (χ3v) is 9.25. The molecule has 5 rings (SSSR count). The van der Waals surface area contributed by atoms with Crippen molar-refractivity contribution in [3.63, 3.8) is 0 Å². The fourth-order valence-corrected chi connectivity index (χ4v) is 6.76. The van der Waals surface area contributed by atoms with Gasteiger partial charge in [0.2, 0.25) is 10.0 Å². The van der Waals surface area contributed by atoms with Gasteiger partial charge in [0.25, 0.3) is 11.8 Å². The highest BCUT2D eigenvalue weighted by atomic mass is 35.5. The zero-order chi connectivity index (χ0) is 26.7. The highest BCUT2D eigenvalue weighted by Crippen LogP contribution is 2.30. The van der Waals surface area contributed by atoms with E-state index in [1.165, 1.54) is 4.31 Å². The van der Waals surface area contributed by atoms with Crippen LogP contribution < -0.4 is 10.2 Å². The maximum Gasteiger partial charge on any atom is 0.258 e. The van der Waals surface area contributed by atoms with Crippen molar-refractivity contribution in [1.29, 1.82) is 0 Å². The number of sulfonamides is 1. The van der Waals surface area contributed by atoms with E-state index in [0.29, 0.717) is 53.6 Å². The van der Waals surface area contributed by atoms with Crippen molar-refractivity contribution in [2.24, 2.45) is 0 Å². The normalized spacial score (nSPS) is 15.8. The zero-order valence-corrected chi connectivity index (χ0v) is 22.6. The van der Waals surface area contributed by atoms with Crippen LogP contribution >= 0.6 is 11.6 Å². The number of carbonyl (C=O) groups is 2. The predicted molar refractivity (Wildman–Crippen MR) is 148 cm³/mol. The van der Waals surface area contributed by atoms with Gasteiger partial charge in [-0.05, 0) is 91.8 Å². The number of nitrogens with one attached hydrogen (secondary N) is 1. The van der Waals surface area contributed by atoms with Gasteiger partial charge in [-0.15, -0.1) is 0 Å². The van der Waals surface area contributed by atoms with Gasteiger partial charge < -0.3 is 10.2 Å². The lowest BCUT2D eigenvalue weighted by molar-refractivity contribution is 0.0953. The molecule has 9 heteroatoms. The SMILES string of the molecule is O=C(NCCc1ccc(S(=O)(=O)N2CCCC2)cc1)c1ccc2c(c1)CCCN2C(=O)c1cccc(Cl)c1. The molecule has 7 nitrogen and oxygen atoms in total. The van der Waals surface area contributed by atoms with E-state index in [4.69, 9.17) is 11.6 Å². The Morgan fingerprint density at radius 1 is 0.868 bits per heavy atom. The first-order valence-corrected chi connectivity index (χ1v) is 14.7. The number of benzene rings is 3. The molecule has 1 saturated heterocycles. The summed E-state index contributed by atoms with van der Waals surface area (Å²) < 4.78 is 26.9. The molecule has 2 aliphatic rings. The molecule has 0 spiro atoms. The second kappa shape index (κ2) is 11.3. The van der Waals surface area contributed by atoms with E-state index in [-0.39, 0.29) is 11.8 Å². The minimum absolute atomic E-state index is 0.107. The summed E-state index contributed by atoms with van der Waals surface area (Å²) in [6.07, 6.45) is 4.00. The van der Waals surface area contributed by atoms with Gasteiger partial charge in [-0.3, -0.25) is 9.59 Å². The third kappa shape index (κ3) is 5.62. The smallest absolute Gasteiger partial charge is 0.258 e. The number of hydrogen-bond donors (Lipinski definition) is 1. The number of rotatable bonds is 7. The summed E-state index contributed by atoms with van der Waals surface area (Å²) in [5.74, 6) is -0.288. The first kappa shape index (κ1) is 26.4. The van der Waals surface area contributed by atoms with Gasteiger partial charge >= 0.3 is 0 Å². The quantitative estimate of drug-likeness (QED) is 0.461. The van der Waals surface area contributed by atoms with E-state index in [1.54, 1.807) is 59.5 Å². The Bertz CT molecular complexity index is 1450. The summed E-state index contributed by atoms with van der Waals surface area (Å²) in [6.45, 7) is 2.19. The van der Waals surface area contributed by atoms with E-state index >= 15 is 0 Å². The van der Waals surface area contributed by atoms with Crippen molar-refractivity contribution in [3.8, 4) is 0 Å². The monoisotopic (exact) mass is 551 g/mol. The molecule has 0 aromatic heterocycles. The molecule has 1 N–H and O–H groups in total. The molecule has 38 heavy (non-hydrogen) atoms. The number of nitrogens with zero attached hydrogens (tertiary/aromatic N) is 2. The lowest BCUT2D eigenvalue weighted by Gasteiger charge is -2.30. The summed E-state index contributed by atoms with van der Waals surface area (Å²) in [5.41, 5.74) is 3.82. The van der Waals surface area contributed by atoms with Gasteiger partial charge in [0.1, 0.15) is 0 Å². The maximum absolute atomic E-state index is 13.1. The van der Waals surface area contributed by atoms with E-state index in [1.807, 2.05) is 12.1 Å². The first-order chi connectivity index (χ1) is 18.3. The third-order valence-electron chi connectivity index (χ3n) is 7.10. The van der Waals surface area contributed by atoms with E-state index in [0.717, 1.165) is 42.5 Å². The van der Waals surface area contributed by atoms with Crippen molar-refractivity contribution in [2.45, 2.75) is 37.0 Å². The average Bonchev–Trinajstić information content (AvgIpc) is 3.48. The Balaban J connectivity index is 1.19. The topological polar surface area (TPSA) is 86.8 Å². The molecule has 2 aliphatic heterocycles. The number of hydrogen-bond acceptors (Lipinski definition) is 4. The lowest BCUT2D eigenvalue weighted by atomic mass is 9.98. The summed E-state index contributed by atoms with van der Waals surface area (Å²) in [7, 11) is -3.43. The largest absolute Gasteiger partial charge is 0.352 e. The fraction of sp³-hybridized carbons (Fsp3) is 0.310. The van der Waals surface area contributed by atoms with Crippen LogP contribution in [0.2, 0.25) is 5.02 Å². The highest BCUT2D eigenvalue weighted by Gasteiger charge is 2.27. The second-order valence-electron chi connectivity index (χ2n) is 9.68. The number of halogens is 1. The van der Waals surface area contributed by atoms with Gasteiger partial charge in [-0.2, -0.15) is 4.31 Å². The molecule has 2 amide bonds. The van der Waals surface area contributed by atoms with Crippen LogP contribution in [-0.4, -0.2) is 50.7 Å². The molecule has 0 bridgehead atoms. The molecule has 0 atom stereocenters. The maximum atomic E-state index is 13.1. The number of amides is 2. The number of anilines is 1. The minimum atomic E-state index is -3.43. The van der Waals surface area contributed by atoms with Crippen LogP contribution in [0.15, 0.2) is 71.6 Å². The Labute approximate surface area is 228 Å². The van der Waals surface area contributed by atoms with Gasteiger partial charge in [0, 0.05) is 48.0 Å². The zero-order valence-electron chi connectivity index (χ0n) is 21.0. The molecule has 0 saturated carbocycles. The summed E-state index contributed by atoms with van der Waals surface area (Å²) in [6, 6.07) is 19.3. The molecule has 198 valence electrons. The molecule has 0 radical (unpaired) electrons. The van der Waals surface area contributed by atoms with E-state index in [9.17, 15) is 18.0 Å². The van der Waals surface area contributed by atoms with Crippen LogP contribution in [0, 0.1) is 0 Å². The Hall–Kier alpha value is -3.20. The molecule has 1 fully saturated rings. The van der Waals surface area contributed by atoms with Crippen LogP contribution in [-0.2, 0) is 22.9 Å². The Kier molecular flexibility index (Phi) is 7.83. The van der Waals surface area contributed by atoms with E-state index in [2.05, 4.69) is 5.32 Å². The van der Waals surface area contributed by atoms with Crippen molar-refractivity contribution >= 4 is 39.1 Å². The number of aryl methyl sites for hydroxylation is 1. The second-order valence-corrected chi connectivity index (χ2v) is 12.0. The average molecular weight is 552 g/mol. The molecular weight excluding hydrogens is 522 g/mol. The van der Waals surface area contributed by atoms with Crippen molar-refractivity contribution in [3.05, 3.63) is 94.0 Å². The fourth-order valence-electron chi connectivity index (χ4n) is 5.05. The summed E-state index contributed by atoms with van der Waals surface area (Å²) in [5, 5.41) is 3.47. The molecule has 0 unspecified atom stereocenters. The molecule has 3 aromatic carbocycles. The van der Waals surface area contributed by atoms with Crippen LogP contribution in [0.1, 0.15) is 51.1 Å². The number of fused-ring (bicyclic) bond motifs is 1. The standard InChI is InChI=1S/C29H30ClN3O4S/c30-25-7-3-5-24(20-25)29(35)33-18-4-6-22-19-23(10-13-27(22)33)28(34)31-15-14-21-8-11-26(12-9-21)38(36,37)32-16-1-2-17-32/h3,5,7-13,19-20H,1-2,4,6,14-18H2,(H,31,34).